The predicted octanol–water partition coefficient (Wildman–Crippen LogP) is 5.20. The van der Waals surface area contributed by atoms with Crippen LogP contribution in [0.15, 0.2) is 30.5 Å². The maximum absolute atomic E-state index is 13.7. The third-order valence-corrected chi connectivity index (χ3v) is 7.37. The number of rotatable bonds is 8. The summed E-state index contributed by atoms with van der Waals surface area (Å²) in [6, 6.07) is 6.22. The van der Waals surface area contributed by atoms with Crippen LogP contribution in [0.1, 0.15) is 59.9 Å². The summed E-state index contributed by atoms with van der Waals surface area (Å²) in [6.45, 7) is 14.0. The van der Waals surface area contributed by atoms with Crippen molar-refractivity contribution in [1.29, 1.82) is 0 Å². The highest BCUT2D eigenvalue weighted by molar-refractivity contribution is 6.66. The molecule has 0 N–H and O–H groups in total. The van der Waals surface area contributed by atoms with E-state index in [1.807, 2.05) is 51.7 Å². The molecule has 11 nitrogen and oxygen atoms in total. The number of ether oxygens (including phenoxy) is 2. The molecule has 1 saturated heterocycles. The molecule has 3 heterocycles. The third kappa shape index (κ3) is 6.83. The second kappa shape index (κ2) is 12.5. The summed E-state index contributed by atoms with van der Waals surface area (Å²) < 4.78 is 11.4. The summed E-state index contributed by atoms with van der Waals surface area (Å²) in [5, 5.41) is -0.701. The zero-order valence-electron chi connectivity index (χ0n) is 24.6. The highest BCUT2D eigenvalue weighted by atomic mass is 35.5. The summed E-state index contributed by atoms with van der Waals surface area (Å²) >= 11 is 6.02. The number of anilines is 3. The fourth-order valence-corrected chi connectivity index (χ4v) is 5.41. The average Bonchev–Trinajstić information content (AvgIpc) is 3.54. The van der Waals surface area contributed by atoms with Crippen molar-refractivity contribution < 1.29 is 23.9 Å². The first kappa shape index (κ1) is 30.4. The number of benzene rings is 1. The first-order chi connectivity index (χ1) is 19.4. The van der Waals surface area contributed by atoms with Crippen LogP contribution >= 0.6 is 11.6 Å². The van der Waals surface area contributed by atoms with E-state index in [4.69, 9.17) is 26.1 Å². The molecule has 222 valence electrons. The number of hydrogen-bond donors (Lipinski definition) is 0. The Bertz CT molecular complexity index is 1260. The second-order valence-electron chi connectivity index (χ2n) is 11.2. The van der Waals surface area contributed by atoms with Gasteiger partial charge in [0, 0.05) is 32.6 Å². The minimum atomic E-state index is -0.846. The Labute approximate surface area is 246 Å². The predicted molar refractivity (Wildman–Crippen MR) is 158 cm³/mol. The van der Waals surface area contributed by atoms with Crippen molar-refractivity contribution in [2.24, 2.45) is 0 Å². The molecule has 2 aromatic rings. The zero-order valence-corrected chi connectivity index (χ0v) is 25.3. The van der Waals surface area contributed by atoms with Crippen molar-refractivity contribution in [1.82, 2.24) is 14.9 Å². The monoisotopic (exact) mass is 586 g/mol. The molecule has 0 radical (unpaired) electrons. The second-order valence-corrected chi connectivity index (χ2v) is 11.5. The van der Waals surface area contributed by atoms with Crippen molar-refractivity contribution >= 4 is 46.5 Å². The van der Waals surface area contributed by atoms with Gasteiger partial charge in [0.25, 0.3) is 0 Å². The van der Waals surface area contributed by atoms with Crippen LogP contribution < -0.4 is 19.4 Å². The van der Waals surface area contributed by atoms with E-state index in [-0.39, 0.29) is 12.5 Å². The smallest absolute Gasteiger partial charge is 0.415 e. The Kier molecular flexibility index (Phi) is 9.26. The maximum atomic E-state index is 13.7. The lowest BCUT2D eigenvalue weighted by Gasteiger charge is -2.34. The molecular weight excluding hydrogens is 548 g/mol. The maximum Gasteiger partial charge on any atom is 0.415 e. The Morgan fingerprint density at radius 2 is 1.73 bits per heavy atom. The van der Waals surface area contributed by atoms with Gasteiger partial charge in [-0.3, -0.25) is 9.69 Å². The summed E-state index contributed by atoms with van der Waals surface area (Å²) in [7, 11) is 0. The van der Waals surface area contributed by atoms with Gasteiger partial charge in [0.15, 0.2) is 5.82 Å². The molecule has 0 spiro atoms. The number of hydrogen-bond acceptors (Lipinski definition) is 9. The third-order valence-electron chi connectivity index (χ3n) is 7.19. The van der Waals surface area contributed by atoms with E-state index in [0.29, 0.717) is 49.4 Å². The van der Waals surface area contributed by atoms with Crippen molar-refractivity contribution in [3.8, 4) is 5.75 Å². The van der Waals surface area contributed by atoms with Gasteiger partial charge in [0.1, 0.15) is 29.2 Å². The minimum absolute atomic E-state index is 0.244. The van der Waals surface area contributed by atoms with E-state index in [1.165, 1.54) is 4.90 Å². The summed E-state index contributed by atoms with van der Waals surface area (Å²) in [5.74, 6) is 0.874. The molecule has 1 fully saturated rings. The van der Waals surface area contributed by atoms with Crippen LogP contribution in [0.25, 0.3) is 0 Å². The molecule has 0 saturated carbocycles. The molecule has 1 aromatic carbocycles. The van der Waals surface area contributed by atoms with Crippen LogP contribution in [0, 0.1) is 0 Å². The molecule has 0 aliphatic carbocycles. The number of esters is 1. The van der Waals surface area contributed by atoms with Gasteiger partial charge >= 0.3 is 17.4 Å². The molecule has 2 aliphatic rings. The first-order valence-corrected chi connectivity index (χ1v) is 14.5. The molecule has 1 aromatic heterocycles. The van der Waals surface area contributed by atoms with Crippen molar-refractivity contribution in [2.75, 3.05) is 40.9 Å². The lowest BCUT2D eigenvalue weighted by molar-refractivity contribution is -0.156. The molecule has 2 atom stereocenters. The number of likely N-dealkylation sites (tertiary alicyclic amines) is 1. The Morgan fingerprint density at radius 3 is 2.29 bits per heavy atom. The fourth-order valence-electron chi connectivity index (χ4n) is 5.18. The van der Waals surface area contributed by atoms with E-state index in [9.17, 15) is 14.4 Å². The van der Waals surface area contributed by atoms with Crippen LogP contribution in [-0.2, 0) is 16.0 Å². The number of nitrogens with zero attached hydrogens (tertiary/aromatic N) is 6. The van der Waals surface area contributed by atoms with Crippen LogP contribution in [0.5, 0.6) is 5.75 Å². The lowest BCUT2D eigenvalue weighted by atomic mass is 10.0. The molecule has 2 aliphatic heterocycles. The van der Waals surface area contributed by atoms with Gasteiger partial charge in [-0.05, 0) is 83.7 Å². The summed E-state index contributed by atoms with van der Waals surface area (Å²) in [5.41, 5.74) is 0.491. The number of halogens is 1. The Morgan fingerprint density at radius 1 is 1.10 bits per heavy atom. The number of amides is 2. The quantitative estimate of drug-likeness (QED) is 0.234. The molecular formula is C29H39ClN6O5. The highest BCUT2D eigenvalue weighted by Gasteiger charge is 2.45. The van der Waals surface area contributed by atoms with Gasteiger partial charge in [-0.25, -0.2) is 14.6 Å². The van der Waals surface area contributed by atoms with Crippen LogP contribution in [-0.4, -0.2) is 76.3 Å². The zero-order chi connectivity index (χ0) is 29.9. The van der Waals surface area contributed by atoms with E-state index >= 15 is 0 Å². The highest BCUT2D eigenvalue weighted by Crippen LogP contribution is 2.41. The van der Waals surface area contributed by atoms with Crippen LogP contribution in [0.4, 0.5) is 27.0 Å². The van der Waals surface area contributed by atoms with Gasteiger partial charge < -0.3 is 24.2 Å². The normalized spacial score (nSPS) is 17.3. The van der Waals surface area contributed by atoms with E-state index < -0.39 is 29.1 Å². The molecule has 1 unspecified atom stereocenters. The number of carbonyl (C=O) groups excluding carboxylic acids is 3. The van der Waals surface area contributed by atoms with Crippen molar-refractivity contribution in [2.45, 2.75) is 78.6 Å². The fraction of sp³-hybridized carbons (Fsp3) is 0.552. The molecule has 41 heavy (non-hydrogen) atoms. The average molecular weight is 587 g/mol. The van der Waals surface area contributed by atoms with Crippen molar-refractivity contribution in [3.63, 3.8) is 0 Å². The Balaban J connectivity index is 1.68. The van der Waals surface area contributed by atoms with E-state index in [0.717, 1.165) is 18.4 Å². The largest absolute Gasteiger partial charge is 0.458 e. The first-order valence-electron chi connectivity index (χ1n) is 14.1. The van der Waals surface area contributed by atoms with Gasteiger partial charge in [0.05, 0.1) is 6.20 Å². The van der Waals surface area contributed by atoms with Crippen LogP contribution in [0.3, 0.4) is 0 Å². The number of aromatic nitrogens is 2. The van der Waals surface area contributed by atoms with E-state index in [1.54, 1.807) is 35.1 Å². The van der Waals surface area contributed by atoms with Crippen molar-refractivity contribution in [3.05, 3.63) is 36.0 Å². The summed E-state index contributed by atoms with van der Waals surface area (Å²) in [6.07, 6.45) is 2.78. The molecule has 4 rings (SSSR count). The molecule has 0 bridgehead atoms. The van der Waals surface area contributed by atoms with Gasteiger partial charge in [-0.15, -0.1) is 0 Å². The lowest BCUT2D eigenvalue weighted by Crippen LogP contribution is -2.52. The van der Waals surface area contributed by atoms with E-state index in [2.05, 4.69) is 4.98 Å². The summed E-state index contributed by atoms with van der Waals surface area (Å²) in [4.78, 5) is 54.8. The topological polar surface area (TPSA) is 108 Å². The number of carbonyl (C=O) groups is 3. The van der Waals surface area contributed by atoms with Gasteiger partial charge in [-0.1, -0.05) is 12.1 Å². The standard InChI is InChI=1S/C29H39ClN6O5/c1-7-33(8-2)27-31-18-23-24(32-27)35(19(3)36(23)26(30)38)22(25(37)41-29(4,5)6)17-20-11-13-21(14-12-20)40-28(39)34-15-9-10-16-34/h11-14,18-19,22H,7-10,15-17H2,1-6H3/t19?,22-/m0/s1. The number of fused-ring (bicyclic) bond motifs is 1. The minimum Gasteiger partial charge on any atom is -0.458 e. The van der Waals surface area contributed by atoms with Gasteiger partial charge in [0.2, 0.25) is 5.95 Å². The van der Waals surface area contributed by atoms with Crippen LogP contribution in [0.2, 0.25) is 0 Å². The molecule has 2 amide bonds. The SMILES string of the molecule is CCN(CC)c1ncc2c(n1)N([C@@H](Cc1ccc(OC(=O)N3CCCC3)cc1)C(=O)OC(C)(C)C)C(C)N2C(=O)Cl. The Hall–Kier alpha value is -3.60. The van der Waals surface area contributed by atoms with Gasteiger partial charge in [-0.2, -0.15) is 4.98 Å². The molecule has 12 heteroatoms.